The average Bonchev–Trinajstić information content (AvgIpc) is 2.81. The van der Waals surface area contributed by atoms with Gasteiger partial charge in [0.2, 0.25) is 5.91 Å². The number of hydrogen-bond donors (Lipinski definition) is 0. The van der Waals surface area contributed by atoms with E-state index < -0.39 is 0 Å². The third kappa shape index (κ3) is 2.57. The molecule has 2 saturated heterocycles. The summed E-state index contributed by atoms with van der Waals surface area (Å²) in [5, 5.41) is 0. The molecule has 16 heavy (non-hydrogen) atoms. The number of nitrogens with zero attached hydrogens (tertiary/aromatic N) is 2. The van der Waals surface area contributed by atoms with Crippen LogP contribution in [-0.4, -0.2) is 47.9 Å². The fraction of sp³-hybridized carbons (Fsp3) is 0.923. The number of hydrogen-bond acceptors (Lipinski definition) is 2. The standard InChI is InChI=1S/C13H24N2O/c1-11(2)13(16)15-9-5-6-12(10-15)14-7-3-4-8-14/h11-12H,3-10H2,1-2H3. The average molecular weight is 224 g/mol. The van der Waals surface area contributed by atoms with Crippen LogP contribution in [0.15, 0.2) is 0 Å². The van der Waals surface area contributed by atoms with Crippen molar-refractivity contribution in [2.45, 2.75) is 45.6 Å². The smallest absolute Gasteiger partial charge is 0.225 e. The summed E-state index contributed by atoms with van der Waals surface area (Å²) in [5.74, 6) is 0.487. The first-order valence-corrected chi connectivity index (χ1v) is 6.71. The first-order valence-electron chi connectivity index (χ1n) is 6.71. The van der Waals surface area contributed by atoms with E-state index in [2.05, 4.69) is 9.80 Å². The van der Waals surface area contributed by atoms with Crippen molar-refractivity contribution in [1.29, 1.82) is 0 Å². The third-order valence-electron chi connectivity index (χ3n) is 3.86. The predicted octanol–water partition coefficient (Wildman–Crippen LogP) is 1.73. The summed E-state index contributed by atoms with van der Waals surface area (Å²) in [6.45, 7) is 8.44. The van der Waals surface area contributed by atoms with Gasteiger partial charge >= 0.3 is 0 Å². The molecule has 0 aromatic carbocycles. The molecule has 2 heterocycles. The Morgan fingerprint density at radius 2 is 1.81 bits per heavy atom. The van der Waals surface area contributed by atoms with E-state index in [-0.39, 0.29) is 5.92 Å². The number of rotatable bonds is 2. The zero-order valence-corrected chi connectivity index (χ0v) is 10.6. The van der Waals surface area contributed by atoms with Gasteiger partial charge in [0.25, 0.3) is 0 Å². The lowest BCUT2D eigenvalue weighted by Gasteiger charge is -2.38. The molecule has 0 aromatic heterocycles. The van der Waals surface area contributed by atoms with E-state index in [1.165, 1.54) is 38.8 Å². The van der Waals surface area contributed by atoms with Crippen molar-refractivity contribution in [3.8, 4) is 0 Å². The van der Waals surface area contributed by atoms with Crippen LogP contribution in [0.3, 0.4) is 0 Å². The van der Waals surface area contributed by atoms with Gasteiger partial charge in [-0.05, 0) is 38.8 Å². The van der Waals surface area contributed by atoms with E-state index in [0.29, 0.717) is 11.9 Å². The van der Waals surface area contributed by atoms with Gasteiger partial charge in [-0.15, -0.1) is 0 Å². The Morgan fingerprint density at radius 1 is 1.12 bits per heavy atom. The first-order chi connectivity index (χ1) is 7.68. The molecular formula is C13H24N2O. The Morgan fingerprint density at radius 3 is 2.44 bits per heavy atom. The second-order valence-electron chi connectivity index (χ2n) is 5.48. The largest absolute Gasteiger partial charge is 0.341 e. The zero-order chi connectivity index (χ0) is 11.5. The van der Waals surface area contributed by atoms with Crippen LogP contribution in [0.5, 0.6) is 0 Å². The summed E-state index contributed by atoms with van der Waals surface area (Å²) < 4.78 is 0. The van der Waals surface area contributed by atoms with Gasteiger partial charge in [-0.25, -0.2) is 0 Å². The van der Waals surface area contributed by atoms with Crippen LogP contribution in [0.4, 0.5) is 0 Å². The van der Waals surface area contributed by atoms with Crippen LogP contribution in [0, 0.1) is 5.92 Å². The van der Waals surface area contributed by atoms with Crippen molar-refractivity contribution in [1.82, 2.24) is 9.80 Å². The summed E-state index contributed by atoms with van der Waals surface area (Å²) in [6, 6.07) is 0.638. The molecule has 1 unspecified atom stereocenters. The maximum absolute atomic E-state index is 12.0. The van der Waals surface area contributed by atoms with Gasteiger partial charge in [-0.1, -0.05) is 13.8 Å². The van der Waals surface area contributed by atoms with E-state index >= 15 is 0 Å². The molecule has 0 radical (unpaired) electrons. The number of carbonyl (C=O) groups excluding carboxylic acids is 1. The molecular weight excluding hydrogens is 200 g/mol. The van der Waals surface area contributed by atoms with E-state index in [4.69, 9.17) is 0 Å². The van der Waals surface area contributed by atoms with E-state index in [9.17, 15) is 4.79 Å². The Labute approximate surface area is 98.8 Å². The molecule has 2 aliphatic heterocycles. The van der Waals surface area contributed by atoms with Crippen LogP contribution in [0.2, 0.25) is 0 Å². The number of amides is 1. The minimum atomic E-state index is 0.150. The molecule has 1 atom stereocenters. The molecule has 2 aliphatic rings. The molecule has 3 heteroatoms. The molecule has 2 rings (SSSR count). The van der Waals surface area contributed by atoms with Crippen LogP contribution < -0.4 is 0 Å². The SMILES string of the molecule is CC(C)C(=O)N1CCCC(N2CCCC2)C1. The summed E-state index contributed by atoms with van der Waals surface area (Å²) in [5.41, 5.74) is 0. The van der Waals surface area contributed by atoms with Gasteiger partial charge in [-0.2, -0.15) is 0 Å². The van der Waals surface area contributed by atoms with E-state index in [0.717, 1.165) is 13.1 Å². The molecule has 0 aliphatic carbocycles. The second-order valence-corrected chi connectivity index (χ2v) is 5.48. The maximum atomic E-state index is 12.0. The first kappa shape index (κ1) is 11.9. The second kappa shape index (κ2) is 5.17. The summed E-state index contributed by atoms with van der Waals surface area (Å²) in [7, 11) is 0. The molecule has 3 nitrogen and oxygen atoms in total. The highest BCUT2D eigenvalue weighted by molar-refractivity contribution is 5.78. The van der Waals surface area contributed by atoms with E-state index in [1.807, 2.05) is 13.8 Å². The van der Waals surface area contributed by atoms with Crippen LogP contribution in [0.1, 0.15) is 39.5 Å². The van der Waals surface area contributed by atoms with Gasteiger partial charge < -0.3 is 4.90 Å². The summed E-state index contributed by atoms with van der Waals surface area (Å²) >= 11 is 0. The van der Waals surface area contributed by atoms with Crippen molar-refractivity contribution < 1.29 is 4.79 Å². The summed E-state index contributed by atoms with van der Waals surface area (Å²) in [6.07, 6.45) is 5.14. The Bertz CT molecular complexity index is 246. The lowest BCUT2D eigenvalue weighted by Crippen LogP contribution is -2.49. The molecule has 0 spiro atoms. The van der Waals surface area contributed by atoms with Gasteiger partial charge in [0.1, 0.15) is 0 Å². The van der Waals surface area contributed by atoms with Crippen LogP contribution in [0.25, 0.3) is 0 Å². The monoisotopic (exact) mass is 224 g/mol. The fourth-order valence-corrected chi connectivity index (χ4v) is 2.92. The molecule has 1 amide bonds. The van der Waals surface area contributed by atoms with Crippen molar-refractivity contribution in [3.05, 3.63) is 0 Å². The van der Waals surface area contributed by atoms with Crippen molar-refractivity contribution in [2.75, 3.05) is 26.2 Å². The van der Waals surface area contributed by atoms with Crippen molar-refractivity contribution in [2.24, 2.45) is 5.92 Å². The summed E-state index contributed by atoms with van der Waals surface area (Å²) in [4.78, 5) is 16.6. The van der Waals surface area contributed by atoms with Gasteiger partial charge in [0.05, 0.1) is 0 Å². The fourth-order valence-electron chi connectivity index (χ4n) is 2.92. The topological polar surface area (TPSA) is 23.6 Å². The van der Waals surface area contributed by atoms with Crippen LogP contribution >= 0.6 is 0 Å². The number of likely N-dealkylation sites (tertiary alicyclic amines) is 2. The predicted molar refractivity (Wildman–Crippen MR) is 65.2 cm³/mol. The molecule has 2 fully saturated rings. The highest BCUT2D eigenvalue weighted by Gasteiger charge is 2.29. The zero-order valence-electron chi connectivity index (χ0n) is 10.6. The third-order valence-corrected chi connectivity index (χ3v) is 3.86. The quantitative estimate of drug-likeness (QED) is 0.713. The lowest BCUT2D eigenvalue weighted by molar-refractivity contribution is -0.136. The van der Waals surface area contributed by atoms with Crippen molar-refractivity contribution in [3.63, 3.8) is 0 Å². The number of carbonyl (C=O) groups is 1. The highest BCUT2D eigenvalue weighted by atomic mass is 16.2. The molecule has 0 N–H and O–H groups in total. The molecule has 0 saturated carbocycles. The van der Waals surface area contributed by atoms with Gasteiger partial charge in [0, 0.05) is 25.0 Å². The molecule has 92 valence electrons. The minimum Gasteiger partial charge on any atom is -0.341 e. The highest BCUT2D eigenvalue weighted by Crippen LogP contribution is 2.21. The molecule has 0 aromatic rings. The van der Waals surface area contributed by atoms with Crippen LogP contribution in [-0.2, 0) is 4.79 Å². The minimum absolute atomic E-state index is 0.150. The molecule has 0 bridgehead atoms. The van der Waals surface area contributed by atoms with Gasteiger partial charge in [-0.3, -0.25) is 9.69 Å². The Balaban J connectivity index is 1.90. The Kier molecular flexibility index (Phi) is 3.85. The normalized spacial score (nSPS) is 27.7. The Hall–Kier alpha value is -0.570. The lowest BCUT2D eigenvalue weighted by atomic mass is 10.0. The number of piperidine rings is 1. The van der Waals surface area contributed by atoms with Gasteiger partial charge in [0.15, 0.2) is 0 Å². The van der Waals surface area contributed by atoms with E-state index in [1.54, 1.807) is 0 Å². The van der Waals surface area contributed by atoms with Crippen molar-refractivity contribution >= 4 is 5.91 Å². The maximum Gasteiger partial charge on any atom is 0.225 e.